The molecule has 0 N–H and O–H groups in total. The summed E-state index contributed by atoms with van der Waals surface area (Å²) in [5.41, 5.74) is 0.841. The Balaban J connectivity index is 1.61. The number of carbonyl (C=O) groups is 2. The monoisotopic (exact) mass is 412 g/mol. The number of nitrogens with zero attached hydrogens (tertiary/aromatic N) is 4. The second-order valence-electron chi connectivity index (χ2n) is 7.56. The predicted octanol–water partition coefficient (Wildman–Crippen LogP) is 2.61. The number of hydrogen-bond donors (Lipinski definition) is 0. The Hall–Kier alpha value is -2.61. The Labute approximate surface area is 174 Å². The average molecular weight is 413 g/mol. The molecule has 2 amide bonds. The molecular weight excluding hydrogens is 388 g/mol. The number of likely N-dealkylation sites (tertiary alicyclic amines) is 1. The quantitative estimate of drug-likeness (QED) is 0.558. The molecule has 2 aliphatic heterocycles. The van der Waals surface area contributed by atoms with Crippen LogP contribution in [0.4, 0.5) is 0 Å². The minimum absolute atomic E-state index is 0.00850. The normalized spacial score (nSPS) is 21.3. The summed E-state index contributed by atoms with van der Waals surface area (Å²) in [6.45, 7) is 3.63. The molecule has 0 radical (unpaired) electrons. The fourth-order valence-corrected chi connectivity index (χ4v) is 4.35. The first kappa shape index (κ1) is 19.7. The lowest BCUT2D eigenvalue weighted by Crippen LogP contribution is -2.58. The van der Waals surface area contributed by atoms with Crippen molar-refractivity contribution in [1.29, 1.82) is 0 Å². The van der Waals surface area contributed by atoms with Gasteiger partial charge in [0.1, 0.15) is 11.4 Å². The van der Waals surface area contributed by atoms with Gasteiger partial charge in [-0.3, -0.25) is 9.59 Å². The second kappa shape index (κ2) is 8.02. The van der Waals surface area contributed by atoms with Crippen molar-refractivity contribution in [2.24, 2.45) is 0 Å². The largest absolute Gasteiger partial charge is 0.483 e. The third-order valence-electron chi connectivity index (χ3n) is 5.47. The summed E-state index contributed by atoms with van der Waals surface area (Å²) in [5, 5.41) is 0.637. The van der Waals surface area contributed by atoms with Crippen LogP contribution >= 0.6 is 11.8 Å². The smallest absolute Gasteiger partial charge is 0.257 e. The van der Waals surface area contributed by atoms with E-state index in [1.54, 1.807) is 24.2 Å². The fourth-order valence-electron chi connectivity index (χ4n) is 4.03. The molecule has 0 saturated carbocycles. The number of aromatic nitrogens is 2. The van der Waals surface area contributed by atoms with Crippen molar-refractivity contribution in [3.63, 3.8) is 0 Å². The van der Waals surface area contributed by atoms with Gasteiger partial charge >= 0.3 is 0 Å². The molecule has 1 aromatic heterocycles. The molecule has 3 heterocycles. The van der Waals surface area contributed by atoms with Crippen LogP contribution in [-0.4, -0.2) is 63.1 Å². The number of para-hydroxylation sites is 1. The van der Waals surface area contributed by atoms with E-state index in [9.17, 15) is 9.59 Å². The third kappa shape index (κ3) is 4.07. The molecule has 1 fully saturated rings. The molecule has 0 aliphatic carbocycles. The number of piperidine rings is 1. The van der Waals surface area contributed by atoms with E-state index in [1.807, 2.05) is 35.4 Å². The molecule has 7 nitrogen and oxygen atoms in total. The molecule has 29 heavy (non-hydrogen) atoms. The number of amides is 2. The minimum Gasteiger partial charge on any atom is -0.483 e. The van der Waals surface area contributed by atoms with E-state index in [-0.39, 0.29) is 11.8 Å². The number of thioether (sulfide) groups is 1. The lowest BCUT2D eigenvalue weighted by Gasteiger charge is -2.43. The Morgan fingerprint density at radius 3 is 2.59 bits per heavy atom. The molecule has 0 unspecified atom stereocenters. The number of rotatable bonds is 2. The molecule has 8 heteroatoms. The van der Waals surface area contributed by atoms with Crippen LogP contribution in [0.5, 0.6) is 5.75 Å². The van der Waals surface area contributed by atoms with E-state index in [1.165, 1.54) is 11.8 Å². The average Bonchev–Trinajstić information content (AvgIpc) is 2.90. The highest BCUT2D eigenvalue weighted by Gasteiger charge is 2.43. The number of hydrogen-bond acceptors (Lipinski definition) is 6. The van der Waals surface area contributed by atoms with Gasteiger partial charge in [0.2, 0.25) is 5.91 Å². The van der Waals surface area contributed by atoms with Gasteiger partial charge < -0.3 is 14.5 Å². The second-order valence-corrected chi connectivity index (χ2v) is 8.33. The van der Waals surface area contributed by atoms with Gasteiger partial charge in [0.05, 0.1) is 18.7 Å². The fraction of sp³-hybridized carbons (Fsp3) is 0.429. The Morgan fingerprint density at radius 2 is 1.86 bits per heavy atom. The highest BCUT2D eigenvalue weighted by atomic mass is 32.2. The Morgan fingerprint density at radius 1 is 1.14 bits per heavy atom. The number of fused-ring (bicyclic) bond motifs is 1. The van der Waals surface area contributed by atoms with Crippen LogP contribution in [0, 0.1) is 0 Å². The van der Waals surface area contributed by atoms with Gasteiger partial charge in [0, 0.05) is 38.0 Å². The van der Waals surface area contributed by atoms with E-state index < -0.39 is 5.60 Å². The summed E-state index contributed by atoms with van der Waals surface area (Å²) in [4.78, 5) is 37.4. The van der Waals surface area contributed by atoms with Crippen molar-refractivity contribution in [1.82, 2.24) is 19.8 Å². The highest BCUT2D eigenvalue weighted by molar-refractivity contribution is 7.98. The summed E-state index contributed by atoms with van der Waals surface area (Å²) in [6.07, 6.45) is 6.65. The van der Waals surface area contributed by atoms with Crippen LogP contribution < -0.4 is 4.74 Å². The topological polar surface area (TPSA) is 75.6 Å². The maximum atomic E-state index is 13.1. The summed E-state index contributed by atoms with van der Waals surface area (Å²) in [7, 11) is 0. The van der Waals surface area contributed by atoms with Crippen molar-refractivity contribution in [2.75, 3.05) is 25.9 Å². The molecular formula is C21H24N4O3S. The van der Waals surface area contributed by atoms with Crippen LogP contribution in [0.15, 0.2) is 41.8 Å². The maximum Gasteiger partial charge on any atom is 0.257 e. The standard InChI is InChI=1S/C21H24N4O3S/c1-15(26)25-12-16-6-3-4-7-18(16)28-21(14-25)8-5-9-24(13-21)19(27)17-10-22-20(29-2)23-11-17/h3-4,6-7,10-11H,5,8-9,12-14H2,1-2H3/t21-/m0/s1. The van der Waals surface area contributed by atoms with Crippen LogP contribution in [-0.2, 0) is 11.3 Å². The van der Waals surface area contributed by atoms with Crippen molar-refractivity contribution in [3.05, 3.63) is 47.8 Å². The van der Waals surface area contributed by atoms with Gasteiger partial charge in [0.25, 0.3) is 5.91 Å². The number of benzene rings is 1. The van der Waals surface area contributed by atoms with Gasteiger partial charge in [0.15, 0.2) is 5.16 Å². The van der Waals surface area contributed by atoms with E-state index in [4.69, 9.17) is 4.74 Å². The highest BCUT2D eigenvalue weighted by Crippen LogP contribution is 2.35. The lowest BCUT2D eigenvalue weighted by atomic mass is 9.91. The first-order chi connectivity index (χ1) is 14.0. The molecule has 1 atom stereocenters. The zero-order valence-corrected chi connectivity index (χ0v) is 17.4. The molecule has 1 saturated heterocycles. The van der Waals surface area contributed by atoms with Gasteiger partial charge in [-0.15, -0.1) is 0 Å². The summed E-state index contributed by atoms with van der Waals surface area (Å²) in [6, 6.07) is 7.82. The lowest BCUT2D eigenvalue weighted by molar-refractivity contribution is -0.132. The molecule has 0 bridgehead atoms. The first-order valence-corrected chi connectivity index (χ1v) is 10.9. The van der Waals surface area contributed by atoms with Gasteiger partial charge in [-0.1, -0.05) is 30.0 Å². The molecule has 2 aromatic rings. The summed E-state index contributed by atoms with van der Waals surface area (Å²) < 4.78 is 6.50. The van der Waals surface area contributed by atoms with Gasteiger partial charge in [-0.05, 0) is 25.2 Å². The molecule has 152 valence electrons. The van der Waals surface area contributed by atoms with E-state index in [2.05, 4.69) is 9.97 Å². The third-order valence-corrected chi connectivity index (χ3v) is 6.04. The van der Waals surface area contributed by atoms with Crippen LogP contribution in [0.2, 0.25) is 0 Å². The van der Waals surface area contributed by atoms with Gasteiger partial charge in [-0.25, -0.2) is 9.97 Å². The van der Waals surface area contributed by atoms with E-state index in [0.717, 1.165) is 24.2 Å². The predicted molar refractivity (Wildman–Crippen MR) is 110 cm³/mol. The summed E-state index contributed by atoms with van der Waals surface area (Å²) >= 11 is 1.44. The molecule has 4 rings (SSSR count). The Kier molecular flexibility index (Phi) is 5.45. The van der Waals surface area contributed by atoms with E-state index in [0.29, 0.717) is 36.9 Å². The summed E-state index contributed by atoms with van der Waals surface area (Å²) in [5.74, 6) is 0.694. The maximum absolute atomic E-state index is 13.1. The van der Waals surface area contributed by atoms with E-state index >= 15 is 0 Å². The number of ether oxygens (including phenoxy) is 1. The van der Waals surface area contributed by atoms with Crippen molar-refractivity contribution >= 4 is 23.6 Å². The molecule has 1 aromatic carbocycles. The SMILES string of the molecule is CSc1ncc(C(=O)N2CCC[C@@]3(CN(C(C)=O)Cc4ccccc4O3)C2)cn1. The molecule has 1 spiro atoms. The Bertz CT molecular complexity index is 920. The van der Waals surface area contributed by atoms with Crippen molar-refractivity contribution < 1.29 is 14.3 Å². The van der Waals surface area contributed by atoms with Crippen LogP contribution in [0.25, 0.3) is 0 Å². The van der Waals surface area contributed by atoms with Crippen molar-refractivity contribution in [2.45, 2.75) is 37.1 Å². The molecule has 2 aliphatic rings. The minimum atomic E-state index is -0.619. The van der Waals surface area contributed by atoms with Crippen LogP contribution in [0.1, 0.15) is 35.7 Å². The zero-order valence-electron chi connectivity index (χ0n) is 16.6. The number of carbonyl (C=O) groups excluding carboxylic acids is 2. The zero-order chi connectivity index (χ0) is 20.4. The van der Waals surface area contributed by atoms with Crippen molar-refractivity contribution in [3.8, 4) is 5.75 Å². The van der Waals surface area contributed by atoms with Gasteiger partial charge in [-0.2, -0.15) is 0 Å². The first-order valence-electron chi connectivity index (χ1n) is 9.67. The van der Waals surface area contributed by atoms with Crippen LogP contribution in [0.3, 0.4) is 0 Å².